The van der Waals surface area contributed by atoms with Crippen LogP contribution in [0.3, 0.4) is 0 Å². The van der Waals surface area contributed by atoms with Crippen molar-refractivity contribution in [2.45, 2.75) is 25.8 Å². The molecule has 0 saturated heterocycles. The molecular weight excluding hydrogens is 154 g/mol. The lowest BCUT2D eigenvalue weighted by Gasteiger charge is -2.12. The largest absolute Gasteiger partial charge is 0.312 e. The van der Waals surface area contributed by atoms with Gasteiger partial charge in [0, 0.05) is 24.8 Å². The van der Waals surface area contributed by atoms with Crippen LogP contribution in [0.1, 0.15) is 19.8 Å². The third-order valence-electron chi connectivity index (χ3n) is 1.60. The fourth-order valence-electron chi connectivity index (χ4n) is 0.868. The molecule has 1 unspecified atom stereocenters. The van der Waals surface area contributed by atoms with Crippen LogP contribution in [0.4, 0.5) is 0 Å². The summed E-state index contributed by atoms with van der Waals surface area (Å²) in [4.78, 5) is 0. The van der Waals surface area contributed by atoms with E-state index < -0.39 is 0 Å². The molecule has 0 bridgehead atoms. The molecule has 0 spiro atoms. The van der Waals surface area contributed by atoms with Crippen LogP contribution in [0.25, 0.3) is 0 Å². The first-order valence-electron chi connectivity index (χ1n) is 4.00. The summed E-state index contributed by atoms with van der Waals surface area (Å²) in [5.41, 5.74) is 0. The van der Waals surface area contributed by atoms with E-state index in [-0.39, 0.29) is 0 Å². The topological polar surface area (TPSA) is 12.0 Å². The summed E-state index contributed by atoms with van der Waals surface area (Å²) in [6.07, 6.45) is 9.30. The first kappa shape index (κ1) is 10.9. The summed E-state index contributed by atoms with van der Waals surface area (Å²) in [5, 5.41) is 3.41. The van der Waals surface area contributed by atoms with Gasteiger partial charge in [-0.3, -0.25) is 0 Å². The monoisotopic (exact) mass is 171 g/mol. The van der Waals surface area contributed by atoms with Crippen molar-refractivity contribution in [2.24, 2.45) is 0 Å². The molecular formula is C9H17NS. The molecule has 0 saturated carbocycles. The first-order chi connectivity index (χ1) is 5.35. The second-order valence-electron chi connectivity index (χ2n) is 2.46. The van der Waals surface area contributed by atoms with Crippen molar-refractivity contribution in [2.75, 3.05) is 18.6 Å². The molecule has 0 aromatic heterocycles. The van der Waals surface area contributed by atoms with Crippen molar-refractivity contribution in [1.29, 1.82) is 0 Å². The van der Waals surface area contributed by atoms with Crippen LogP contribution in [0.15, 0.2) is 0 Å². The van der Waals surface area contributed by atoms with Crippen molar-refractivity contribution in [3.05, 3.63) is 0 Å². The Hall–Kier alpha value is -0.130. The smallest absolute Gasteiger partial charge is 0.0240 e. The Morgan fingerprint density at radius 2 is 2.36 bits per heavy atom. The van der Waals surface area contributed by atoms with E-state index in [9.17, 15) is 0 Å². The summed E-state index contributed by atoms with van der Waals surface area (Å²) in [6, 6.07) is 0.521. The van der Waals surface area contributed by atoms with E-state index in [1.54, 1.807) is 0 Å². The third kappa shape index (κ3) is 6.28. The maximum Gasteiger partial charge on any atom is 0.0240 e. The van der Waals surface area contributed by atoms with Gasteiger partial charge in [-0.2, -0.15) is 11.8 Å². The predicted molar refractivity (Wildman–Crippen MR) is 53.9 cm³/mol. The van der Waals surface area contributed by atoms with E-state index in [1.807, 2.05) is 11.8 Å². The minimum atomic E-state index is 0.521. The molecule has 64 valence electrons. The maximum atomic E-state index is 5.21. The minimum absolute atomic E-state index is 0.521. The zero-order valence-electron chi connectivity index (χ0n) is 7.39. The van der Waals surface area contributed by atoms with Gasteiger partial charge in [0.2, 0.25) is 0 Å². The molecule has 11 heavy (non-hydrogen) atoms. The van der Waals surface area contributed by atoms with Gasteiger partial charge in [0.05, 0.1) is 0 Å². The summed E-state index contributed by atoms with van der Waals surface area (Å²) in [7, 11) is 0. The van der Waals surface area contributed by atoms with Gasteiger partial charge in [-0.15, -0.1) is 12.3 Å². The Labute approximate surface area is 74.3 Å². The summed E-state index contributed by atoms with van der Waals surface area (Å²) in [6.45, 7) is 3.23. The van der Waals surface area contributed by atoms with Crippen molar-refractivity contribution < 1.29 is 0 Å². The van der Waals surface area contributed by atoms with Gasteiger partial charge in [0.25, 0.3) is 0 Å². The van der Waals surface area contributed by atoms with E-state index in [4.69, 9.17) is 6.42 Å². The fourth-order valence-corrected chi connectivity index (χ4v) is 1.19. The lowest BCUT2D eigenvalue weighted by Crippen LogP contribution is -2.29. The Bertz CT molecular complexity index is 117. The van der Waals surface area contributed by atoms with E-state index >= 15 is 0 Å². The summed E-state index contributed by atoms with van der Waals surface area (Å²) >= 11 is 1.86. The standard InChI is InChI=1S/C9H17NS/c1-4-6-9(5-2)10-7-8-11-3/h1,9-10H,5-8H2,2-3H3. The summed E-state index contributed by atoms with van der Waals surface area (Å²) in [5.74, 6) is 3.84. The Morgan fingerprint density at radius 3 is 2.82 bits per heavy atom. The van der Waals surface area contributed by atoms with Gasteiger partial charge in [-0.05, 0) is 12.7 Å². The van der Waals surface area contributed by atoms with Crippen LogP contribution in [0.5, 0.6) is 0 Å². The number of hydrogen-bond acceptors (Lipinski definition) is 2. The van der Waals surface area contributed by atoms with E-state index in [2.05, 4.69) is 24.4 Å². The van der Waals surface area contributed by atoms with Crippen LogP contribution in [-0.2, 0) is 0 Å². The highest BCUT2D eigenvalue weighted by Gasteiger charge is 2.00. The van der Waals surface area contributed by atoms with Crippen molar-refractivity contribution in [1.82, 2.24) is 5.32 Å². The SMILES string of the molecule is C#CCC(CC)NCCSC. The van der Waals surface area contributed by atoms with Gasteiger partial charge < -0.3 is 5.32 Å². The highest BCUT2D eigenvalue weighted by Crippen LogP contribution is 1.96. The van der Waals surface area contributed by atoms with Gasteiger partial charge >= 0.3 is 0 Å². The van der Waals surface area contributed by atoms with Crippen LogP contribution in [0.2, 0.25) is 0 Å². The van der Waals surface area contributed by atoms with E-state index in [0.717, 1.165) is 19.4 Å². The van der Waals surface area contributed by atoms with Gasteiger partial charge in [0.1, 0.15) is 0 Å². The molecule has 0 aliphatic heterocycles. The molecule has 0 aliphatic carbocycles. The lowest BCUT2D eigenvalue weighted by molar-refractivity contribution is 0.526. The molecule has 0 heterocycles. The zero-order chi connectivity index (χ0) is 8.53. The molecule has 0 rings (SSSR count). The molecule has 1 N–H and O–H groups in total. The number of terminal acetylenes is 1. The zero-order valence-corrected chi connectivity index (χ0v) is 8.21. The predicted octanol–water partition coefficient (Wildman–Crippen LogP) is 1.74. The van der Waals surface area contributed by atoms with E-state index in [0.29, 0.717) is 6.04 Å². The maximum absolute atomic E-state index is 5.21. The Morgan fingerprint density at radius 1 is 1.64 bits per heavy atom. The van der Waals surface area contributed by atoms with E-state index in [1.165, 1.54) is 5.75 Å². The average Bonchev–Trinajstić information content (AvgIpc) is 2.03. The molecule has 0 fully saturated rings. The molecule has 0 aromatic carbocycles. The van der Waals surface area contributed by atoms with Gasteiger partial charge in [-0.25, -0.2) is 0 Å². The second-order valence-corrected chi connectivity index (χ2v) is 3.45. The van der Waals surface area contributed by atoms with Crippen LogP contribution >= 0.6 is 11.8 Å². The van der Waals surface area contributed by atoms with Crippen LogP contribution in [0, 0.1) is 12.3 Å². The lowest BCUT2D eigenvalue weighted by atomic mass is 10.1. The number of thioether (sulfide) groups is 1. The second kappa shape index (κ2) is 7.97. The highest BCUT2D eigenvalue weighted by molar-refractivity contribution is 7.98. The molecule has 1 atom stereocenters. The molecule has 0 amide bonds. The van der Waals surface area contributed by atoms with Gasteiger partial charge in [0.15, 0.2) is 0 Å². The summed E-state index contributed by atoms with van der Waals surface area (Å²) < 4.78 is 0. The number of hydrogen-bond donors (Lipinski definition) is 1. The number of rotatable bonds is 6. The fraction of sp³-hybridized carbons (Fsp3) is 0.778. The van der Waals surface area contributed by atoms with Crippen LogP contribution in [-0.4, -0.2) is 24.6 Å². The first-order valence-corrected chi connectivity index (χ1v) is 5.40. The molecule has 1 nitrogen and oxygen atoms in total. The Balaban J connectivity index is 3.30. The number of nitrogens with one attached hydrogen (secondary N) is 1. The quantitative estimate of drug-likeness (QED) is 0.482. The average molecular weight is 171 g/mol. The molecule has 0 aliphatic rings. The van der Waals surface area contributed by atoms with Crippen molar-refractivity contribution in [3.63, 3.8) is 0 Å². The molecule has 0 aromatic rings. The highest BCUT2D eigenvalue weighted by atomic mass is 32.2. The normalized spacial score (nSPS) is 12.5. The van der Waals surface area contributed by atoms with Gasteiger partial charge in [-0.1, -0.05) is 6.92 Å². The van der Waals surface area contributed by atoms with Crippen LogP contribution < -0.4 is 5.32 Å². The molecule has 0 radical (unpaired) electrons. The minimum Gasteiger partial charge on any atom is -0.312 e. The van der Waals surface area contributed by atoms with Crippen molar-refractivity contribution in [3.8, 4) is 12.3 Å². The molecule has 2 heteroatoms. The Kier molecular flexibility index (Phi) is 7.88. The van der Waals surface area contributed by atoms with Crippen molar-refractivity contribution >= 4 is 11.8 Å². The third-order valence-corrected chi connectivity index (χ3v) is 2.21.